The minimum Gasteiger partial charge on any atom is -0.466 e. The van der Waals surface area contributed by atoms with E-state index in [0.29, 0.717) is 12.0 Å². The fourth-order valence-corrected chi connectivity index (χ4v) is 1.16. The molecule has 6 heteroatoms. The van der Waals surface area contributed by atoms with Crippen LogP contribution < -0.4 is 5.32 Å². The predicted octanol–water partition coefficient (Wildman–Crippen LogP) is 1.62. The Morgan fingerprint density at radius 3 is 2.53 bits per heavy atom. The van der Waals surface area contributed by atoms with Gasteiger partial charge in [0, 0.05) is 0 Å². The molecule has 15 heavy (non-hydrogen) atoms. The molecule has 0 heterocycles. The molecule has 0 fully saturated rings. The molecule has 0 saturated heterocycles. The van der Waals surface area contributed by atoms with Gasteiger partial charge < -0.3 is 10.1 Å². The lowest BCUT2D eigenvalue weighted by atomic mass is 10.1. The molecule has 1 unspecified atom stereocenters. The number of hydrogen-bond donors (Lipinski definition) is 2. The summed E-state index contributed by atoms with van der Waals surface area (Å²) >= 11 is 0. The molecule has 0 saturated carbocycles. The average molecular weight is 213 g/mol. The molecule has 84 valence electrons. The maximum Gasteiger partial charge on any atom is 0.359 e. The fraction of sp³-hybridized carbons (Fsp3) is 0.556. The largest absolute Gasteiger partial charge is 0.466 e. The Hall–Kier alpha value is -1.72. The Balaban J connectivity index is 4.70. The van der Waals surface area contributed by atoms with Crippen LogP contribution in [-0.2, 0) is 9.53 Å². The maximum atomic E-state index is 11.3. The molecule has 6 nitrogen and oxygen atoms in total. The first-order valence-electron chi connectivity index (χ1n) is 4.53. The minimum absolute atomic E-state index is 0.358. The number of nitrogens with one attached hydrogen (secondary N) is 2. The van der Waals surface area contributed by atoms with Crippen LogP contribution in [0.1, 0.15) is 20.3 Å². The third-order valence-electron chi connectivity index (χ3n) is 1.92. The number of esters is 1. The number of hydrogen-bond acceptors (Lipinski definition) is 4. The Morgan fingerprint density at radius 1 is 1.60 bits per heavy atom. The van der Waals surface area contributed by atoms with Crippen LogP contribution in [0, 0.1) is 5.53 Å². The molecule has 2 amide bonds. The smallest absolute Gasteiger partial charge is 0.359 e. The number of urea groups is 1. The first-order chi connectivity index (χ1) is 7.10. The highest BCUT2D eigenvalue weighted by Gasteiger charge is 2.20. The van der Waals surface area contributed by atoms with Gasteiger partial charge in [-0.3, -0.25) is 0 Å². The topological polar surface area (TPSA) is 91.6 Å². The first kappa shape index (κ1) is 13.3. The molecule has 1 atom stereocenters. The van der Waals surface area contributed by atoms with E-state index in [2.05, 4.69) is 15.2 Å². The van der Waals surface area contributed by atoms with Gasteiger partial charge in [-0.05, 0) is 13.3 Å². The van der Waals surface area contributed by atoms with Crippen LogP contribution in [0.3, 0.4) is 0 Å². The number of ether oxygens (including phenoxy) is 1. The summed E-state index contributed by atoms with van der Waals surface area (Å²) in [5.41, 5.74) is 6.86. The quantitative estimate of drug-likeness (QED) is 0.422. The normalized spacial score (nSPS) is 12.9. The van der Waals surface area contributed by atoms with Gasteiger partial charge in [0.2, 0.25) is 0 Å². The molecule has 0 aliphatic rings. The van der Waals surface area contributed by atoms with Crippen molar-refractivity contribution in [2.24, 2.45) is 5.11 Å². The lowest BCUT2D eigenvalue weighted by Gasteiger charge is -2.16. The number of rotatable bonds is 4. The van der Waals surface area contributed by atoms with Crippen LogP contribution in [0.2, 0.25) is 0 Å². The fourth-order valence-electron chi connectivity index (χ4n) is 1.16. The number of carbonyl (C=O) groups is 2. The summed E-state index contributed by atoms with van der Waals surface area (Å²) in [5.74, 6) is -0.491. The van der Waals surface area contributed by atoms with Crippen molar-refractivity contribution < 1.29 is 14.3 Å². The summed E-state index contributed by atoms with van der Waals surface area (Å²) in [6, 6.07) is -1.24. The number of nitrogens with zero attached hydrogens (tertiary/aromatic N) is 1. The van der Waals surface area contributed by atoms with E-state index in [1.807, 2.05) is 0 Å². The van der Waals surface area contributed by atoms with E-state index in [9.17, 15) is 9.59 Å². The molecule has 0 aromatic heterocycles. The molecule has 0 aliphatic carbocycles. The molecule has 0 aliphatic heterocycles. The maximum absolute atomic E-state index is 11.3. The highest BCUT2D eigenvalue weighted by Crippen LogP contribution is 2.08. The van der Waals surface area contributed by atoms with E-state index in [0.717, 1.165) is 0 Å². The third kappa shape index (κ3) is 3.88. The number of amides is 2. The second-order valence-corrected chi connectivity index (χ2v) is 2.76. The lowest BCUT2D eigenvalue weighted by Crippen LogP contribution is -2.36. The highest BCUT2D eigenvalue weighted by atomic mass is 16.5. The van der Waals surface area contributed by atoms with Crippen LogP contribution in [-0.4, -0.2) is 25.2 Å². The third-order valence-corrected chi connectivity index (χ3v) is 1.92. The van der Waals surface area contributed by atoms with Crippen LogP contribution in [0.15, 0.2) is 16.8 Å². The van der Waals surface area contributed by atoms with Crippen molar-refractivity contribution in [1.29, 1.82) is 5.53 Å². The minimum atomic E-state index is -0.773. The lowest BCUT2D eigenvalue weighted by molar-refractivity contribution is -0.136. The molecule has 2 N–H and O–H groups in total. The van der Waals surface area contributed by atoms with E-state index in [1.165, 1.54) is 7.11 Å². The summed E-state index contributed by atoms with van der Waals surface area (Å²) in [7, 11) is 1.27. The molecule has 0 radical (unpaired) electrons. The SMILES string of the molecule is C/C=C(/C(=O)OC)C(CC)NC(=O)N=N. The molecule has 0 aromatic carbocycles. The van der Waals surface area contributed by atoms with E-state index >= 15 is 0 Å². The van der Waals surface area contributed by atoms with Crippen LogP contribution in [0.4, 0.5) is 4.79 Å². The Bertz CT molecular complexity index is 286. The van der Waals surface area contributed by atoms with Gasteiger partial charge in [-0.25, -0.2) is 9.59 Å². The summed E-state index contributed by atoms with van der Waals surface area (Å²) in [5, 5.41) is 5.12. The van der Waals surface area contributed by atoms with Gasteiger partial charge in [0.15, 0.2) is 0 Å². The molecule has 0 aromatic rings. The number of methoxy groups -OCH3 is 1. The van der Waals surface area contributed by atoms with Crippen molar-refractivity contribution in [3.63, 3.8) is 0 Å². The predicted molar refractivity (Wildman–Crippen MR) is 53.5 cm³/mol. The van der Waals surface area contributed by atoms with Crippen LogP contribution in [0.5, 0.6) is 0 Å². The zero-order valence-electron chi connectivity index (χ0n) is 9.03. The monoisotopic (exact) mass is 213 g/mol. The van der Waals surface area contributed by atoms with Crippen molar-refractivity contribution in [2.45, 2.75) is 26.3 Å². The van der Waals surface area contributed by atoms with Gasteiger partial charge in [0.25, 0.3) is 0 Å². The van der Waals surface area contributed by atoms with Crippen LogP contribution >= 0.6 is 0 Å². The standard InChI is InChI=1S/C9H15N3O3/c1-4-6(8(13)15-3)7(5-2)11-9(14)12-10/h4,7,10H,5H2,1-3H3,(H,11,14)/b6-4+,12-10?. The van der Waals surface area contributed by atoms with E-state index in [1.54, 1.807) is 19.9 Å². The van der Waals surface area contributed by atoms with Crippen LogP contribution in [0.25, 0.3) is 0 Å². The van der Waals surface area contributed by atoms with E-state index in [4.69, 9.17) is 5.53 Å². The number of carbonyl (C=O) groups excluding carboxylic acids is 2. The Labute approximate surface area is 88.2 Å². The van der Waals surface area contributed by atoms with Gasteiger partial charge in [-0.1, -0.05) is 18.1 Å². The summed E-state index contributed by atoms with van der Waals surface area (Å²) < 4.78 is 4.57. The van der Waals surface area contributed by atoms with Crippen molar-refractivity contribution in [1.82, 2.24) is 5.32 Å². The summed E-state index contributed by atoms with van der Waals surface area (Å²) in [6.07, 6.45) is 2.10. The molecular weight excluding hydrogens is 198 g/mol. The van der Waals surface area contributed by atoms with Crippen molar-refractivity contribution in [3.8, 4) is 0 Å². The zero-order valence-corrected chi connectivity index (χ0v) is 9.03. The zero-order chi connectivity index (χ0) is 11.8. The molecule has 0 bridgehead atoms. The average Bonchev–Trinajstić information content (AvgIpc) is 2.27. The highest BCUT2D eigenvalue weighted by molar-refractivity contribution is 5.90. The van der Waals surface area contributed by atoms with Gasteiger partial charge in [0.1, 0.15) is 0 Å². The van der Waals surface area contributed by atoms with Gasteiger partial charge in [-0.15, -0.1) is 0 Å². The Morgan fingerprint density at radius 2 is 2.20 bits per heavy atom. The number of allylic oxidation sites excluding steroid dienone is 1. The van der Waals surface area contributed by atoms with Crippen molar-refractivity contribution >= 4 is 12.0 Å². The van der Waals surface area contributed by atoms with Crippen molar-refractivity contribution in [2.75, 3.05) is 7.11 Å². The van der Waals surface area contributed by atoms with E-state index < -0.39 is 18.0 Å². The Kier molecular flexibility index (Phi) is 5.92. The molecular formula is C9H15N3O3. The second kappa shape index (κ2) is 6.69. The van der Waals surface area contributed by atoms with Gasteiger partial charge >= 0.3 is 12.0 Å². The van der Waals surface area contributed by atoms with Gasteiger partial charge in [0.05, 0.1) is 18.7 Å². The summed E-state index contributed by atoms with van der Waals surface area (Å²) in [4.78, 5) is 22.2. The second-order valence-electron chi connectivity index (χ2n) is 2.76. The molecule has 0 spiro atoms. The van der Waals surface area contributed by atoms with E-state index in [-0.39, 0.29) is 0 Å². The summed E-state index contributed by atoms with van der Waals surface area (Å²) in [6.45, 7) is 3.49. The van der Waals surface area contributed by atoms with Gasteiger partial charge in [-0.2, -0.15) is 5.53 Å². The van der Waals surface area contributed by atoms with Crippen molar-refractivity contribution in [3.05, 3.63) is 11.6 Å². The first-order valence-corrected chi connectivity index (χ1v) is 4.53. The molecule has 0 rings (SSSR count).